The van der Waals surface area contributed by atoms with Crippen LogP contribution in [0.2, 0.25) is 0 Å². The van der Waals surface area contributed by atoms with Crippen molar-refractivity contribution in [1.29, 1.82) is 0 Å². The summed E-state index contributed by atoms with van der Waals surface area (Å²) in [5, 5.41) is 0.357. The summed E-state index contributed by atoms with van der Waals surface area (Å²) >= 11 is 0. The van der Waals surface area contributed by atoms with E-state index >= 15 is 0 Å². The summed E-state index contributed by atoms with van der Waals surface area (Å²) in [7, 11) is -6.57. The maximum absolute atomic E-state index is 14.8. The maximum atomic E-state index is 14.8. The van der Waals surface area contributed by atoms with E-state index in [-0.39, 0.29) is 22.9 Å². The topological polar surface area (TPSA) is 85.7 Å². The first kappa shape index (κ1) is 29.1. The third kappa shape index (κ3) is 5.13. The lowest BCUT2D eigenvalue weighted by Crippen LogP contribution is -2.31. The number of fused-ring (bicyclic) bond motifs is 3. The minimum Gasteiger partial charge on any atom is -0.497 e. The molecule has 1 unspecified atom stereocenters. The third-order valence-corrected chi connectivity index (χ3v) is 11.7. The van der Waals surface area contributed by atoms with Gasteiger partial charge >= 0.3 is 0 Å². The molecule has 7 nitrogen and oxygen atoms in total. The molecule has 222 valence electrons. The van der Waals surface area contributed by atoms with E-state index in [9.17, 15) is 21.2 Å². The molecule has 0 radical (unpaired) electrons. The summed E-state index contributed by atoms with van der Waals surface area (Å²) in [5.41, 5.74) is 3.80. The Balaban J connectivity index is 1.63. The molecular weight excluding hydrogens is 588 g/mol. The van der Waals surface area contributed by atoms with Crippen molar-refractivity contribution in [2.24, 2.45) is 0 Å². The number of aromatic nitrogens is 1. The normalized spacial score (nSPS) is 16.1. The molecule has 1 aromatic heterocycles. The number of nitrogens with zero attached hydrogens (tertiary/aromatic N) is 2. The van der Waals surface area contributed by atoms with E-state index in [1.807, 2.05) is 26.0 Å². The Morgan fingerprint density at radius 1 is 0.767 bits per heavy atom. The van der Waals surface area contributed by atoms with Crippen LogP contribution in [-0.4, -0.2) is 38.8 Å². The van der Waals surface area contributed by atoms with Gasteiger partial charge in [-0.15, -0.1) is 0 Å². The number of hydrogen-bond donors (Lipinski definition) is 0. The number of ether oxygens (including phenoxy) is 1. The number of rotatable bonds is 6. The van der Waals surface area contributed by atoms with Gasteiger partial charge in [-0.05, 0) is 86.0 Å². The van der Waals surface area contributed by atoms with Gasteiger partial charge in [0.25, 0.3) is 10.0 Å². The summed E-state index contributed by atoms with van der Waals surface area (Å²) in [6.07, 6.45) is 0.298. The zero-order chi connectivity index (χ0) is 30.5. The second-order valence-electron chi connectivity index (χ2n) is 10.9. The molecule has 0 spiro atoms. The average molecular weight is 619 g/mol. The van der Waals surface area contributed by atoms with E-state index in [4.69, 9.17) is 4.74 Å². The van der Waals surface area contributed by atoms with Crippen LogP contribution in [0.4, 0.5) is 4.39 Å². The molecule has 0 saturated carbocycles. The van der Waals surface area contributed by atoms with Gasteiger partial charge in [0.1, 0.15) is 11.6 Å². The van der Waals surface area contributed by atoms with Gasteiger partial charge in [0.2, 0.25) is 10.0 Å². The molecule has 10 heteroatoms. The van der Waals surface area contributed by atoms with E-state index in [0.29, 0.717) is 34.3 Å². The SMILES string of the molecule is COc1ccc(C2CCN(S(=O)(=O)c3ccc(C)cc3)Cc3c2n(S(=O)(=O)c2ccc(C)cc2)c2ccc(F)cc32)cc1. The number of hydrogen-bond acceptors (Lipinski definition) is 5. The van der Waals surface area contributed by atoms with Gasteiger partial charge in [0.15, 0.2) is 0 Å². The standard InChI is InChI=1S/C33H31FN2O5S2/c1-22-4-13-27(14-5-22)42(37,38)35-19-18-29(24-8-11-26(41-3)12-9-24)33-31(21-35)30-20-25(34)10-17-32(30)36(33)43(39,40)28-15-6-23(2)7-16-28/h4-17,20,29H,18-19,21H2,1-3H3. The summed E-state index contributed by atoms with van der Waals surface area (Å²) in [4.78, 5) is 0.230. The first-order valence-corrected chi connectivity index (χ1v) is 16.7. The Morgan fingerprint density at radius 2 is 1.35 bits per heavy atom. The maximum Gasteiger partial charge on any atom is 0.268 e. The van der Waals surface area contributed by atoms with Gasteiger partial charge in [0.05, 0.1) is 22.4 Å². The Hall–Kier alpha value is -3.99. The largest absolute Gasteiger partial charge is 0.497 e. The Morgan fingerprint density at radius 3 is 1.93 bits per heavy atom. The number of halogens is 1. The minimum atomic E-state index is -4.17. The lowest BCUT2D eigenvalue weighted by Gasteiger charge is -2.22. The molecule has 0 bridgehead atoms. The Bertz CT molecular complexity index is 2040. The van der Waals surface area contributed by atoms with Crippen LogP contribution >= 0.6 is 0 Å². The van der Waals surface area contributed by atoms with Crippen molar-refractivity contribution >= 4 is 30.9 Å². The molecule has 0 amide bonds. The summed E-state index contributed by atoms with van der Waals surface area (Å²) in [6.45, 7) is 3.77. The van der Waals surface area contributed by atoms with Crippen molar-refractivity contribution in [2.45, 2.75) is 42.5 Å². The van der Waals surface area contributed by atoms with Crippen LogP contribution in [-0.2, 0) is 26.6 Å². The van der Waals surface area contributed by atoms with E-state index in [1.165, 1.54) is 26.5 Å². The van der Waals surface area contributed by atoms with Crippen molar-refractivity contribution in [3.05, 3.63) is 125 Å². The zero-order valence-electron chi connectivity index (χ0n) is 24.0. The lowest BCUT2D eigenvalue weighted by molar-refractivity contribution is 0.405. The number of aryl methyl sites for hydroxylation is 2. The third-order valence-electron chi connectivity index (χ3n) is 8.10. The minimum absolute atomic E-state index is 0.0870. The van der Waals surface area contributed by atoms with Gasteiger partial charge in [-0.3, -0.25) is 0 Å². The van der Waals surface area contributed by atoms with Gasteiger partial charge < -0.3 is 4.74 Å². The highest BCUT2D eigenvalue weighted by atomic mass is 32.2. The van der Waals surface area contributed by atoms with Crippen LogP contribution in [0.1, 0.15) is 40.3 Å². The van der Waals surface area contributed by atoms with Gasteiger partial charge in [-0.1, -0.05) is 47.5 Å². The van der Waals surface area contributed by atoms with Crippen molar-refractivity contribution in [3.8, 4) is 5.75 Å². The molecule has 5 aromatic rings. The predicted molar refractivity (Wildman–Crippen MR) is 164 cm³/mol. The van der Waals surface area contributed by atoms with Crippen molar-refractivity contribution in [1.82, 2.24) is 8.28 Å². The number of methoxy groups -OCH3 is 1. The first-order chi connectivity index (χ1) is 20.5. The molecule has 1 aliphatic rings. The molecule has 6 rings (SSSR count). The fraction of sp³-hybridized carbons (Fsp3) is 0.212. The summed E-state index contributed by atoms with van der Waals surface area (Å²) in [5.74, 6) is -0.427. The van der Waals surface area contributed by atoms with Gasteiger partial charge in [-0.25, -0.2) is 25.2 Å². The summed E-state index contributed by atoms with van der Waals surface area (Å²) in [6, 6.07) is 24.5. The highest BCUT2D eigenvalue weighted by Crippen LogP contribution is 2.43. The van der Waals surface area contributed by atoms with Crippen molar-refractivity contribution in [2.75, 3.05) is 13.7 Å². The van der Waals surface area contributed by atoms with Crippen molar-refractivity contribution in [3.63, 3.8) is 0 Å². The fourth-order valence-electron chi connectivity index (χ4n) is 5.80. The van der Waals surface area contributed by atoms with Gasteiger partial charge in [-0.2, -0.15) is 4.31 Å². The van der Waals surface area contributed by atoms with E-state index < -0.39 is 31.8 Å². The van der Waals surface area contributed by atoms with E-state index in [0.717, 1.165) is 16.7 Å². The monoisotopic (exact) mass is 618 g/mol. The van der Waals surface area contributed by atoms with Gasteiger partial charge in [0, 0.05) is 30.1 Å². The molecular formula is C33H31FN2O5S2. The average Bonchev–Trinajstić information content (AvgIpc) is 3.17. The zero-order valence-corrected chi connectivity index (χ0v) is 25.6. The van der Waals surface area contributed by atoms with Crippen LogP contribution in [0.25, 0.3) is 10.9 Å². The molecule has 0 saturated heterocycles. The second-order valence-corrected chi connectivity index (χ2v) is 14.6. The molecule has 0 N–H and O–H groups in total. The smallest absolute Gasteiger partial charge is 0.268 e. The number of benzene rings is 4. The Labute approximate surface area is 251 Å². The quantitative estimate of drug-likeness (QED) is 0.221. The fourth-order valence-corrected chi connectivity index (χ4v) is 8.83. The molecule has 1 atom stereocenters. The molecule has 0 aliphatic carbocycles. The number of sulfonamides is 1. The molecule has 4 aromatic carbocycles. The van der Waals surface area contributed by atoms with E-state index in [1.54, 1.807) is 67.8 Å². The highest BCUT2D eigenvalue weighted by molar-refractivity contribution is 7.90. The highest BCUT2D eigenvalue weighted by Gasteiger charge is 2.38. The van der Waals surface area contributed by atoms with Crippen LogP contribution < -0.4 is 4.74 Å². The molecule has 43 heavy (non-hydrogen) atoms. The van der Waals surface area contributed by atoms with Crippen LogP contribution in [0, 0.1) is 19.7 Å². The molecule has 0 fully saturated rings. The molecule has 2 heterocycles. The predicted octanol–water partition coefficient (Wildman–Crippen LogP) is 6.37. The lowest BCUT2D eigenvalue weighted by atomic mass is 9.91. The second kappa shape index (κ2) is 10.9. The van der Waals surface area contributed by atoms with Crippen molar-refractivity contribution < 1.29 is 26.0 Å². The Kier molecular flexibility index (Phi) is 7.40. The van der Waals surface area contributed by atoms with Crippen LogP contribution in [0.5, 0.6) is 5.75 Å². The first-order valence-electron chi connectivity index (χ1n) is 13.9. The van der Waals surface area contributed by atoms with Crippen LogP contribution in [0.15, 0.2) is 101 Å². The van der Waals surface area contributed by atoms with E-state index in [2.05, 4.69) is 0 Å². The summed E-state index contributed by atoms with van der Waals surface area (Å²) < 4.78 is 79.6. The van der Waals surface area contributed by atoms with Crippen LogP contribution in [0.3, 0.4) is 0 Å². The molecule has 1 aliphatic heterocycles.